The fourth-order valence-electron chi connectivity index (χ4n) is 1.35. The summed E-state index contributed by atoms with van der Waals surface area (Å²) in [6, 6.07) is 4.91. The summed E-state index contributed by atoms with van der Waals surface area (Å²) in [5.41, 5.74) is 1.07. The molecular weight excluding hydrogens is 254 g/mol. The molecule has 0 aliphatic carbocycles. The Morgan fingerprint density at radius 1 is 1.50 bits per heavy atom. The van der Waals surface area contributed by atoms with Crippen LogP contribution < -0.4 is 5.32 Å². The topological polar surface area (TPSA) is 68.0 Å². The molecule has 5 nitrogen and oxygen atoms in total. The minimum atomic E-state index is -0.375. The highest BCUT2D eigenvalue weighted by atomic mass is 35.5. The summed E-state index contributed by atoms with van der Waals surface area (Å²) >= 11 is 5.82. The third kappa shape index (κ3) is 2.68. The van der Waals surface area contributed by atoms with Crippen LogP contribution in [0.3, 0.4) is 0 Å². The van der Waals surface area contributed by atoms with Crippen LogP contribution >= 0.6 is 11.6 Å². The van der Waals surface area contributed by atoms with E-state index in [0.717, 1.165) is 5.69 Å². The molecule has 0 unspecified atom stereocenters. The van der Waals surface area contributed by atoms with Crippen molar-refractivity contribution < 1.29 is 9.32 Å². The van der Waals surface area contributed by atoms with E-state index in [-0.39, 0.29) is 17.0 Å². The van der Waals surface area contributed by atoms with Crippen molar-refractivity contribution in [2.75, 3.05) is 5.32 Å². The molecule has 6 heteroatoms. The number of hydrogen-bond acceptors (Lipinski definition) is 4. The van der Waals surface area contributed by atoms with Crippen LogP contribution in [-0.4, -0.2) is 16.0 Å². The van der Waals surface area contributed by atoms with Crippen molar-refractivity contribution in [3.05, 3.63) is 40.8 Å². The Bertz CT molecular complexity index is 566. The zero-order valence-corrected chi connectivity index (χ0v) is 10.7. The van der Waals surface area contributed by atoms with Gasteiger partial charge in [-0.15, -0.1) is 0 Å². The average Bonchev–Trinajstić information content (AvgIpc) is 2.78. The number of nitrogens with one attached hydrogen (secondary N) is 1. The number of pyridine rings is 1. The van der Waals surface area contributed by atoms with Crippen LogP contribution in [0.1, 0.15) is 35.8 Å². The molecule has 0 fully saturated rings. The van der Waals surface area contributed by atoms with Gasteiger partial charge in [0, 0.05) is 12.3 Å². The Morgan fingerprint density at radius 2 is 2.28 bits per heavy atom. The lowest BCUT2D eigenvalue weighted by Gasteiger charge is -2.01. The highest BCUT2D eigenvalue weighted by Crippen LogP contribution is 2.19. The first kappa shape index (κ1) is 12.6. The van der Waals surface area contributed by atoms with E-state index in [0.29, 0.717) is 11.4 Å². The lowest BCUT2D eigenvalue weighted by atomic mass is 10.1. The molecule has 0 aliphatic heterocycles. The minimum absolute atomic E-state index is 0.151. The zero-order chi connectivity index (χ0) is 13.1. The molecule has 0 aromatic carbocycles. The van der Waals surface area contributed by atoms with Crippen molar-refractivity contribution in [3.63, 3.8) is 0 Å². The van der Waals surface area contributed by atoms with Gasteiger partial charge in [-0.1, -0.05) is 30.6 Å². The molecule has 2 aromatic heterocycles. The molecule has 2 rings (SSSR count). The van der Waals surface area contributed by atoms with Crippen LogP contribution in [0.2, 0.25) is 5.15 Å². The van der Waals surface area contributed by atoms with Gasteiger partial charge in [0.2, 0.25) is 5.88 Å². The Hall–Kier alpha value is -1.88. The van der Waals surface area contributed by atoms with Gasteiger partial charge < -0.3 is 4.52 Å². The average molecular weight is 266 g/mol. The molecule has 18 heavy (non-hydrogen) atoms. The highest BCUT2D eigenvalue weighted by molar-refractivity contribution is 6.33. The number of nitrogens with zero attached hydrogens (tertiary/aromatic N) is 2. The van der Waals surface area contributed by atoms with Crippen molar-refractivity contribution in [1.82, 2.24) is 10.1 Å². The van der Waals surface area contributed by atoms with Gasteiger partial charge in [-0.25, -0.2) is 4.98 Å². The lowest BCUT2D eigenvalue weighted by molar-refractivity contribution is 0.102. The van der Waals surface area contributed by atoms with Crippen LogP contribution in [0.5, 0.6) is 0 Å². The molecule has 0 aliphatic rings. The van der Waals surface area contributed by atoms with Gasteiger partial charge in [-0.3, -0.25) is 10.1 Å². The summed E-state index contributed by atoms with van der Waals surface area (Å²) in [4.78, 5) is 15.7. The predicted molar refractivity (Wildman–Crippen MR) is 67.8 cm³/mol. The van der Waals surface area contributed by atoms with E-state index in [4.69, 9.17) is 16.1 Å². The van der Waals surface area contributed by atoms with Crippen LogP contribution in [0, 0.1) is 0 Å². The largest absolute Gasteiger partial charge is 0.338 e. The molecule has 0 radical (unpaired) electrons. The summed E-state index contributed by atoms with van der Waals surface area (Å²) in [7, 11) is 0. The Labute approximate surface area is 109 Å². The van der Waals surface area contributed by atoms with E-state index in [2.05, 4.69) is 15.5 Å². The summed E-state index contributed by atoms with van der Waals surface area (Å²) in [5, 5.41) is 6.58. The lowest BCUT2D eigenvalue weighted by Crippen LogP contribution is -2.12. The van der Waals surface area contributed by atoms with Crippen molar-refractivity contribution in [3.8, 4) is 0 Å². The van der Waals surface area contributed by atoms with Crippen molar-refractivity contribution in [1.29, 1.82) is 0 Å². The van der Waals surface area contributed by atoms with Crippen LogP contribution in [0.15, 0.2) is 28.9 Å². The van der Waals surface area contributed by atoms with Crippen molar-refractivity contribution >= 4 is 23.4 Å². The smallest absolute Gasteiger partial charge is 0.261 e. The van der Waals surface area contributed by atoms with Gasteiger partial charge in [0.25, 0.3) is 5.91 Å². The van der Waals surface area contributed by atoms with E-state index in [9.17, 15) is 4.79 Å². The molecule has 0 spiro atoms. The van der Waals surface area contributed by atoms with E-state index in [1.165, 1.54) is 6.20 Å². The zero-order valence-electron chi connectivity index (χ0n) is 9.98. The van der Waals surface area contributed by atoms with E-state index in [1.54, 1.807) is 18.2 Å². The van der Waals surface area contributed by atoms with Crippen LogP contribution in [-0.2, 0) is 0 Å². The maximum Gasteiger partial charge on any atom is 0.261 e. The van der Waals surface area contributed by atoms with E-state index >= 15 is 0 Å². The number of carbonyl (C=O) groups is 1. The Morgan fingerprint density at radius 3 is 2.89 bits per heavy atom. The standard InChI is InChI=1S/C12H12ClN3O2/c1-7(2)9-6-10(18-16-9)15-12(17)8-4-3-5-14-11(8)13/h3-7H,1-2H3,(H,15,17). The first-order valence-electron chi connectivity index (χ1n) is 5.46. The van der Waals surface area contributed by atoms with Gasteiger partial charge in [0.05, 0.1) is 11.3 Å². The molecule has 2 heterocycles. The van der Waals surface area contributed by atoms with Gasteiger partial charge >= 0.3 is 0 Å². The molecule has 0 atom stereocenters. The molecule has 1 amide bonds. The number of carbonyl (C=O) groups excluding carboxylic acids is 1. The van der Waals surface area contributed by atoms with Crippen molar-refractivity contribution in [2.24, 2.45) is 0 Å². The van der Waals surface area contributed by atoms with E-state index in [1.807, 2.05) is 13.8 Å². The molecule has 0 bridgehead atoms. The third-order valence-corrected chi connectivity index (χ3v) is 2.66. The maximum absolute atomic E-state index is 11.9. The van der Waals surface area contributed by atoms with Crippen molar-refractivity contribution in [2.45, 2.75) is 19.8 Å². The third-order valence-electron chi connectivity index (χ3n) is 2.36. The fraction of sp³-hybridized carbons (Fsp3) is 0.250. The fourth-order valence-corrected chi connectivity index (χ4v) is 1.56. The number of halogens is 1. The molecule has 1 N–H and O–H groups in total. The number of hydrogen-bond donors (Lipinski definition) is 1. The van der Waals surface area contributed by atoms with Gasteiger partial charge in [-0.05, 0) is 18.1 Å². The first-order chi connectivity index (χ1) is 8.58. The van der Waals surface area contributed by atoms with Gasteiger partial charge in [-0.2, -0.15) is 0 Å². The number of anilines is 1. The Balaban J connectivity index is 2.14. The second-order valence-corrected chi connectivity index (χ2v) is 4.42. The quantitative estimate of drug-likeness (QED) is 0.866. The van der Waals surface area contributed by atoms with Gasteiger partial charge in [0.1, 0.15) is 5.15 Å². The molecule has 0 saturated heterocycles. The van der Waals surface area contributed by atoms with Crippen LogP contribution in [0.25, 0.3) is 0 Å². The maximum atomic E-state index is 11.9. The summed E-state index contributed by atoms with van der Waals surface area (Å²) in [5.74, 6) is 0.157. The summed E-state index contributed by atoms with van der Waals surface area (Å²) in [6.45, 7) is 3.98. The second-order valence-electron chi connectivity index (χ2n) is 4.07. The second kappa shape index (κ2) is 5.18. The monoisotopic (exact) mass is 265 g/mol. The predicted octanol–water partition coefficient (Wildman–Crippen LogP) is 3.10. The molecule has 94 valence electrons. The minimum Gasteiger partial charge on any atom is -0.338 e. The highest BCUT2D eigenvalue weighted by Gasteiger charge is 2.14. The van der Waals surface area contributed by atoms with E-state index < -0.39 is 0 Å². The SMILES string of the molecule is CC(C)c1cc(NC(=O)c2cccnc2Cl)on1. The summed E-state index contributed by atoms with van der Waals surface area (Å²) < 4.78 is 5.01. The molecule has 2 aromatic rings. The first-order valence-corrected chi connectivity index (χ1v) is 5.84. The normalized spacial score (nSPS) is 10.7. The van der Waals surface area contributed by atoms with Crippen LogP contribution in [0.4, 0.5) is 5.88 Å². The van der Waals surface area contributed by atoms with Gasteiger partial charge in [0.15, 0.2) is 0 Å². The number of aromatic nitrogens is 2. The molecule has 0 saturated carbocycles. The molecular formula is C12H12ClN3O2. The summed E-state index contributed by atoms with van der Waals surface area (Å²) in [6.07, 6.45) is 1.52. The Kier molecular flexibility index (Phi) is 3.62. The number of rotatable bonds is 3. The number of amides is 1.